The lowest BCUT2D eigenvalue weighted by Crippen LogP contribution is -2.40. The third-order valence-electron chi connectivity index (χ3n) is 19.0. The summed E-state index contributed by atoms with van der Waals surface area (Å²) in [5.74, 6) is -6.31. The van der Waals surface area contributed by atoms with Crippen LogP contribution in [0.3, 0.4) is 0 Å². The Labute approximate surface area is 562 Å². The quantitative estimate of drug-likeness (QED) is 0.0183. The van der Waals surface area contributed by atoms with Gasteiger partial charge in [-0.2, -0.15) is 30.8 Å². The van der Waals surface area contributed by atoms with Gasteiger partial charge in [0.15, 0.2) is 0 Å². The normalized spacial score (nSPS) is 15.7. The van der Waals surface area contributed by atoms with Gasteiger partial charge in [-0.25, -0.2) is 17.6 Å². The Bertz CT molecular complexity index is 4740. The first-order valence-corrected chi connectivity index (χ1v) is 32.2. The van der Waals surface area contributed by atoms with Crippen molar-refractivity contribution in [3.05, 3.63) is 179 Å². The molecule has 29 heteroatoms. The molecule has 6 aliphatic rings. The molecule has 0 atom stereocenters. The number of hydrogen-bond donors (Lipinski definition) is 8. The Hall–Kier alpha value is -10.8. The number of aromatic nitrogens is 9. The summed E-state index contributed by atoms with van der Waals surface area (Å²) in [6.07, 6.45) is 16.2. The molecule has 6 amide bonds. The van der Waals surface area contributed by atoms with Crippen LogP contribution in [0.4, 0.5) is 34.6 Å². The van der Waals surface area contributed by atoms with Crippen LogP contribution in [0.25, 0.3) is 0 Å². The number of rotatable bonds is 17. The maximum absolute atomic E-state index is 14.4. The minimum atomic E-state index is -0.798. The molecule has 14 rings (SSSR count). The molecule has 3 saturated carbocycles. The molecule has 0 unspecified atom stereocenters. The van der Waals surface area contributed by atoms with Gasteiger partial charge in [0.1, 0.15) is 57.3 Å². The van der Waals surface area contributed by atoms with Gasteiger partial charge < -0.3 is 45.6 Å². The predicted octanol–water partition coefficient (Wildman–Crippen LogP) is 8.80. The first-order chi connectivity index (χ1) is 46.7. The second-order valence-corrected chi connectivity index (χ2v) is 26.0. The molecule has 0 saturated heterocycles. The van der Waals surface area contributed by atoms with E-state index in [-0.39, 0.29) is 56.4 Å². The van der Waals surface area contributed by atoms with Gasteiger partial charge in [-0.3, -0.25) is 43.2 Å². The van der Waals surface area contributed by atoms with Crippen LogP contribution in [0.1, 0.15) is 182 Å². The number of H-pyrrole nitrogens is 2. The number of fused-ring (bicyclic) bond motifs is 3. The summed E-state index contributed by atoms with van der Waals surface area (Å²) in [5, 5.41) is 36.9. The zero-order valence-corrected chi connectivity index (χ0v) is 54.8. The van der Waals surface area contributed by atoms with Crippen molar-refractivity contribution >= 4 is 81.5 Å². The van der Waals surface area contributed by atoms with Crippen LogP contribution in [0.2, 0.25) is 5.02 Å². The number of anilines is 3. The second-order valence-electron chi connectivity index (χ2n) is 25.6. The number of terminal acetylenes is 1. The number of halogens is 5. The summed E-state index contributed by atoms with van der Waals surface area (Å²) in [4.78, 5) is 117. The standard InChI is InChI=1S/C23H22ClFN6O3.C23H21F2N3O3.C23H23FN6O3/c1-11-8-14(25)15(9-13(11)24)27-21(33)19-12(2)18(16-4-3-7-31(16)19)20(32)22(34)28-23(5-6-23)17-10-26-30-29-17;1-4-23(7-8-23)27-22(31)20(29)18-13(3)19(28-9-5-6-17(18)28)21(30)26-14-10-15(24)12(2)16(25)11-14;1-12-5-6-15(14(24)10-12)26-21(32)19-13(2)18(16-4-3-9-30(16)19)20(31)22(33)27-23(7-8-23)17-11-25-29-28-17/h8-10H,3-7H2,1-2H3,(H,27,33)(H,28,34)(H,26,29,30);1,10-11H,5-9H2,2-3H3,(H,26,30)(H,27,31);5-6,10-11H,3-4,7-9H2,1-2H3,(H,26,32)(H,27,33)(H,25,28,29). The van der Waals surface area contributed by atoms with Crippen molar-refractivity contribution in [1.29, 1.82) is 0 Å². The summed E-state index contributed by atoms with van der Waals surface area (Å²) < 4.78 is 61.6. The van der Waals surface area contributed by atoms with Crippen LogP contribution in [-0.2, 0) is 64.4 Å². The van der Waals surface area contributed by atoms with E-state index in [0.29, 0.717) is 140 Å². The summed E-state index contributed by atoms with van der Waals surface area (Å²) in [5.41, 5.74) is 4.57. The molecule has 0 spiro atoms. The van der Waals surface area contributed by atoms with Crippen LogP contribution in [0.15, 0.2) is 54.9 Å². The Morgan fingerprint density at radius 1 is 0.510 bits per heavy atom. The topological polar surface area (TPSA) is 324 Å². The number of aromatic amines is 2. The molecule has 3 fully saturated rings. The lowest BCUT2D eigenvalue weighted by atomic mass is 10.0. The number of carbonyl (C=O) groups is 9. The Balaban J connectivity index is 0.000000140. The van der Waals surface area contributed by atoms with Crippen molar-refractivity contribution in [2.24, 2.45) is 0 Å². The molecule has 0 bridgehead atoms. The molecule has 98 heavy (non-hydrogen) atoms. The number of benzene rings is 3. The molecule has 5 aromatic heterocycles. The zero-order valence-electron chi connectivity index (χ0n) is 54.1. The van der Waals surface area contributed by atoms with E-state index < -0.39 is 92.7 Å². The number of amides is 6. The number of nitrogens with one attached hydrogen (secondary N) is 8. The highest BCUT2D eigenvalue weighted by Crippen LogP contribution is 2.46. The first kappa shape index (κ1) is 67.2. The van der Waals surface area contributed by atoms with E-state index in [1.165, 1.54) is 43.6 Å². The molecule has 8 heterocycles. The van der Waals surface area contributed by atoms with Gasteiger partial charge in [0.25, 0.3) is 52.8 Å². The lowest BCUT2D eigenvalue weighted by molar-refractivity contribution is -0.118. The van der Waals surface area contributed by atoms with Gasteiger partial charge in [-0.1, -0.05) is 23.6 Å². The van der Waals surface area contributed by atoms with E-state index in [0.717, 1.165) is 30.5 Å². The molecule has 3 aliphatic carbocycles. The molecule has 24 nitrogen and oxygen atoms in total. The number of ketones is 3. The van der Waals surface area contributed by atoms with Crippen LogP contribution in [0.5, 0.6) is 0 Å². The zero-order chi connectivity index (χ0) is 70.0. The van der Waals surface area contributed by atoms with E-state index in [1.807, 2.05) is 0 Å². The van der Waals surface area contributed by atoms with Gasteiger partial charge in [0, 0.05) is 53.0 Å². The van der Waals surface area contributed by atoms with Gasteiger partial charge in [-0.15, -0.1) is 6.42 Å². The van der Waals surface area contributed by atoms with E-state index in [1.54, 1.807) is 54.4 Å². The van der Waals surface area contributed by atoms with Crippen LogP contribution in [-0.4, -0.2) is 103 Å². The van der Waals surface area contributed by atoms with Crippen molar-refractivity contribution in [3.63, 3.8) is 0 Å². The Morgan fingerprint density at radius 3 is 1.31 bits per heavy atom. The minimum Gasteiger partial charge on any atom is -0.340 e. The molecule has 8 N–H and O–H groups in total. The maximum Gasteiger partial charge on any atom is 0.293 e. The van der Waals surface area contributed by atoms with Gasteiger partial charge >= 0.3 is 0 Å². The Kier molecular flexibility index (Phi) is 17.8. The average molecular weight is 1360 g/mol. The molecular weight excluding hydrogens is 1290 g/mol. The number of Topliss-reactive ketones (excluding diaryl/α,β-unsaturated/α-hetero) is 3. The van der Waals surface area contributed by atoms with Crippen LogP contribution >= 0.6 is 11.6 Å². The van der Waals surface area contributed by atoms with Crippen molar-refractivity contribution < 1.29 is 60.7 Å². The van der Waals surface area contributed by atoms with Crippen molar-refractivity contribution in [1.82, 2.24) is 60.5 Å². The second kappa shape index (κ2) is 26.0. The SMILES string of the molecule is C#CC1(NC(=O)C(=O)c2c(C)c(C(=O)Nc3cc(F)c(C)c(F)c3)n3c2CCC3)CC1.Cc1cc(F)c(NC(=O)c2c(C)c(C(=O)C(=O)NC3(c4cn[nH]n4)CC3)c3n2CCC3)cc1Cl.Cc1ccc(NC(=O)c2c(C)c(C(=O)C(=O)NC3(c4cn[nH]n4)CC3)c3n2CCC3)c(F)c1. The highest BCUT2D eigenvalue weighted by molar-refractivity contribution is 6.45. The van der Waals surface area contributed by atoms with Gasteiger partial charge in [-0.05, 0) is 183 Å². The fraction of sp³-hybridized carbons (Fsp3) is 0.348. The third kappa shape index (κ3) is 12.6. The number of hydrogen-bond acceptors (Lipinski definition) is 13. The van der Waals surface area contributed by atoms with E-state index in [9.17, 15) is 60.7 Å². The van der Waals surface area contributed by atoms with Crippen LogP contribution < -0.4 is 31.9 Å². The van der Waals surface area contributed by atoms with E-state index in [2.05, 4.69) is 68.6 Å². The molecule has 3 aliphatic heterocycles. The monoisotopic (exact) mass is 1360 g/mol. The predicted molar refractivity (Wildman–Crippen MR) is 348 cm³/mol. The number of aryl methyl sites for hydroxylation is 2. The molecule has 8 aromatic rings. The van der Waals surface area contributed by atoms with Gasteiger partial charge in [0.2, 0.25) is 0 Å². The fourth-order valence-electron chi connectivity index (χ4n) is 13.3. The van der Waals surface area contributed by atoms with E-state index >= 15 is 0 Å². The summed E-state index contributed by atoms with van der Waals surface area (Å²) >= 11 is 6.09. The fourth-order valence-corrected chi connectivity index (χ4v) is 13.4. The Morgan fingerprint density at radius 2 is 0.918 bits per heavy atom. The minimum absolute atomic E-state index is 0.0335. The average Bonchev–Trinajstić information content (AvgIpc) is 1.62. The van der Waals surface area contributed by atoms with Crippen molar-refractivity contribution in [2.45, 2.75) is 155 Å². The summed E-state index contributed by atoms with van der Waals surface area (Å²) in [6, 6.07) is 9.22. The van der Waals surface area contributed by atoms with Crippen molar-refractivity contribution in [2.75, 3.05) is 16.0 Å². The number of nitrogens with zero attached hydrogens (tertiary/aromatic N) is 7. The smallest absolute Gasteiger partial charge is 0.293 e. The summed E-state index contributed by atoms with van der Waals surface area (Å²) in [6.45, 7) is 11.2. The lowest BCUT2D eigenvalue weighted by Gasteiger charge is -2.14. The van der Waals surface area contributed by atoms with Crippen LogP contribution in [0, 0.1) is 77.2 Å². The molecule has 506 valence electrons. The molecular formula is C69H66ClF4N15O9. The van der Waals surface area contributed by atoms with Gasteiger partial charge in [0.05, 0.1) is 51.5 Å². The third-order valence-corrected chi connectivity index (χ3v) is 19.4. The highest BCUT2D eigenvalue weighted by Gasteiger charge is 2.51. The maximum atomic E-state index is 14.4. The summed E-state index contributed by atoms with van der Waals surface area (Å²) in [7, 11) is 0. The van der Waals surface area contributed by atoms with Crippen molar-refractivity contribution in [3.8, 4) is 12.3 Å². The largest absolute Gasteiger partial charge is 0.340 e. The van der Waals surface area contributed by atoms with E-state index in [4.69, 9.17) is 18.0 Å². The number of carbonyl (C=O) groups excluding carboxylic acids is 9. The molecule has 3 aromatic carbocycles. The highest BCUT2D eigenvalue weighted by atomic mass is 35.5. The first-order valence-electron chi connectivity index (χ1n) is 31.8. The molecule has 0 radical (unpaired) electrons.